The number of aliphatic hydroxyl groups excluding tert-OH is 1. The van der Waals surface area contributed by atoms with Gasteiger partial charge in [0.1, 0.15) is 11.9 Å². The highest BCUT2D eigenvalue weighted by Gasteiger charge is 2.33. The molecule has 0 spiro atoms. The maximum atomic E-state index is 14.9. The summed E-state index contributed by atoms with van der Waals surface area (Å²) in [6.07, 6.45) is -1.04. The first kappa shape index (κ1) is 23.2. The van der Waals surface area contributed by atoms with Crippen molar-refractivity contribution in [1.82, 2.24) is 10.4 Å². The highest BCUT2D eigenvalue weighted by atomic mass is 19.1. The Balaban J connectivity index is 1.57. The number of benzene rings is 1. The van der Waals surface area contributed by atoms with Crippen molar-refractivity contribution in [3.05, 3.63) is 24.0 Å². The largest absolute Gasteiger partial charge is 0.442 e. The molecule has 2 aliphatic heterocycles. The lowest BCUT2D eigenvalue weighted by atomic mass is 10.2. The Bertz CT molecular complexity index is 767. The normalized spacial score (nSPS) is 20.0. The molecule has 0 saturated carbocycles. The highest BCUT2D eigenvalue weighted by Crippen LogP contribution is 2.28. The minimum atomic E-state index is -0.565. The van der Waals surface area contributed by atoms with Crippen molar-refractivity contribution in [2.24, 2.45) is 0 Å². The fourth-order valence-electron chi connectivity index (χ4n) is 3.46. The van der Waals surface area contributed by atoms with Gasteiger partial charge in [0.25, 0.3) is 0 Å². The molecule has 2 fully saturated rings. The molecular formula is C20H29FN4O6. The molecule has 11 heteroatoms. The molecule has 2 N–H and O–H groups in total. The van der Waals surface area contributed by atoms with Gasteiger partial charge in [-0.05, 0) is 18.2 Å². The Kier molecular flexibility index (Phi) is 8.41. The standard InChI is InChI=1S/C20H29FN4O6/c1-15(27)22-13-17-14-25(20(28)31-17)16-2-3-19(18(21)12-16)23-4-5-24(30-10-6-23)7-9-29-11-8-26/h2-3,12,17,26H,4-11,13-14H2,1H3,(H,22,27)/t17-/m0/s1. The molecule has 2 heterocycles. The van der Waals surface area contributed by atoms with Crippen molar-refractivity contribution in [3.63, 3.8) is 0 Å². The van der Waals surface area contributed by atoms with Crippen LogP contribution >= 0.6 is 0 Å². The Morgan fingerprint density at radius 3 is 2.90 bits per heavy atom. The number of nitrogens with one attached hydrogen (secondary N) is 1. The number of carbonyl (C=O) groups excluding carboxylic acids is 2. The summed E-state index contributed by atoms with van der Waals surface area (Å²) in [5, 5.41) is 13.1. The van der Waals surface area contributed by atoms with E-state index < -0.39 is 18.0 Å². The first-order valence-corrected chi connectivity index (χ1v) is 10.3. The summed E-state index contributed by atoms with van der Waals surface area (Å²) in [4.78, 5) is 32.1. The molecule has 172 valence electrons. The maximum Gasteiger partial charge on any atom is 0.414 e. The van der Waals surface area contributed by atoms with Crippen LogP contribution in [0.25, 0.3) is 0 Å². The number of hydroxylamine groups is 2. The number of aliphatic hydroxyl groups is 1. The van der Waals surface area contributed by atoms with Gasteiger partial charge in [-0.3, -0.25) is 14.5 Å². The predicted molar refractivity (Wildman–Crippen MR) is 110 cm³/mol. The highest BCUT2D eigenvalue weighted by molar-refractivity contribution is 5.90. The molecule has 1 aromatic rings. The SMILES string of the molecule is CC(=O)NC[C@H]1CN(c2ccc(N3CCON(CCOCCO)CC3)c(F)c2)C(=O)O1. The number of carbonyl (C=O) groups is 2. The quantitative estimate of drug-likeness (QED) is 0.531. The van der Waals surface area contributed by atoms with Crippen LogP contribution in [0.4, 0.5) is 20.6 Å². The molecule has 2 saturated heterocycles. The minimum Gasteiger partial charge on any atom is -0.442 e. The van der Waals surface area contributed by atoms with Crippen LogP contribution in [0.5, 0.6) is 0 Å². The van der Waals surface area contributed by atoms with E-state index in [2.05, 4.69) is 5.32 Å². The summed E-state index contributed by atoms with van der Waals surface area (Å²) in [6, 6.07) is 4.66. The van der Waals surface area contributed by atoms with Gasteiger partial charge in [0, 0.05) is 33.1 Å². The number of halogens is 1. The smallest absolute Gasteiger partial charge is 0.414 e. The van der Waals surface area contributed by atoms with E-state index in [0.29, 0.717) is 50.8 Å². The van der Waals surface area contributed by atoms with E-state index >= 15 is 0 Å². The van der Waals surface area contributed by atoms with Crippen LogP contribution in [0.1, 0.15) is 6.92 Å². The summed E-state index contributed by atoms with van der Waals surface area (Å²) >= 11 is 0. The minimum absolute atomic E-state index is 0.0188. The van der Waals surface area contributed by atoms with Crippen molar-refractivity contribution in [1.29, 1.82) is 0 Å². The van der Waals surface area contributed by atoms with E-state index in [1.807, 2.05) is 4.90 Å². The molecule has 0 unspecified atom stereocenters. The van der Waals surface area contributed by atoms with E-state index in [1.165, 1.54) is 17.9 Å². The van der Waals surface area contributed by atoms with Crippen LogP contribution in [0.15, 0.2) is 18.2 Å². The van der Waals surface area contributed by atoms with Crippen molar-refractivity contribution in [2.45, 2.75) is 13.0 Å². The number of nitrogens with zero attached hydrogens (tertiary/aromatic N) is 3. The molecule has 0 aromatic heterocycles. The zero-order chi connectivity index (χ0) is 22.2. The van der Waals surface area contributed by atoms with Crippen LogP contribution < -0.4 is 15.1 Å². The molecule has 1 aromatic carbocycles. The van der Waals surface area contributed by atoms with Crippen molar-refractivity contribution >= 4 is 23.4 Å². The fraction of sp³-hybridized carbons (Fsp3) is 0.600. The molecule has 1 atom stereocenters. The zero-order valence-corrected chi connectivity index (χ0v) is 17.6. The van der Waals surface area contributed by atoms with Gasteiger partial charge in [-0.15, -0.1) is 0 Å². The first-order valence-electron chi connectivity index (χ1n) is 10.3. The third-order valence-corrected chi connectivity index (χ3v) is 5.01. The number of hydrogen-bond acceptors (Lipinski definition) is 8. The zero-order valence-electron chi connectivity index (χ0n) is 17.6. The molecule has 2 amide bonds. The Labute approximate surface area is 180 Å². The lowest BCUT2D eigenvalue weighted by Crippen LogP contribution is -2.33. The van der Waals surface area contributed by atoms with E-state index in [-0.39, 0.29) is 32.2 Å². The lowest BCUT2D eigenvalue weighted by molar-refractivity contribution is -0.156. The molecule has 2 aliphatic rings. The maximum absolute atomic E-state index is 14.9. The molecular weight excluding hydrogens is 411 g/mol. The molecule has 0 radical (unpaired) electrons. The molecule has 31 heavy (non-hydrogen) atoms. The number of hydrogen-bond donors (Lipinski definition) is 2. The summed E-state index contributed by atoms with van der Waals surface area (Å²) < 4.78 is 25.4. The van der Waals surface area contributed by atoms with E-state index in [0.717, 1.165) is 0 Å². The first-order chi connectivity index (χ1) is 15.0. The number of ether oxygens (including phenoxy) is 2. The lowest BCUT2D eigenvalue weighted by Gasteiger charge is -2.24. The fourth-order valence-corrected chi connectivity index (χ4v) is 3.46. The number of amides is 2. The van der Waals surface area contributed by atoms with Crippen LogP contribution in [0, 0.1) is 5.82 Å². The van der Waals surface area contributed by atoms with Crippen molar-refractivity contribution < 1.29 is 33.4 Å². The third-order valence-electron chi connectivity index (χ3n) is 5.01. The second kappa shape index (κ2) is 11.2. The Morgan fingerprint density at radius 2 is 2.16 bits per heavy atom. The number of rotatable bonds is 9. The third kappa shape index (κ3) is 6.50. The van der Waals surface area contributed by atoms with Gasteiger partial charge in [-0.25, -0.2) is 9.18 Å². The summed E-state index contributed by atoms with van der Waals surface area (Å²) in [6.45, 7) is 5.19. The second-order valence-electron chi connectivity index (χ2n) is 7.27. The second-order valence-corrected chi connectivity index (χ2v) is 7.27. The molecule has 10 nitrogen and oxygen atoms in total. The van der Waals surface area contributed by atoms with E-state index in [9.17, 15) is 14.0 Å². The summed E-state index contributed by atoms with van der Waals surface area (Å²) in [5.74, 6) is -0.641. The van der Waals surface area contributed by atoms with Gasteiger partial charge in [-0.1, -0.05) is 0 Å². The summed E-state index contributed by atoms with van der Waals surface area (Å²) in [7, 11) is 0. The predicted octanol–water partition coefficient (Wildman–Crippen LogP) is 0.349. The van der Waals surface area contributed by atoms with Crippen LogP contribution in [0.2, 0.25) is 0 Å². The monoisotopic (exact) mass is 440 g/mol. The number of cyclic esters (lactones) is 1. The Morgan fingerprint density at radius 1 is 1.32 bits per heavy atom. The van der Waals surface area contributed by atoms with Gasteiger partial charge in [0.05, 0.1) is 50.9 Å². The topological polar surface area (TPSA) is 104 Å². The molecule has 3 rings (SSSR count). The van der Waals surface area contributed by atoms with E-state index in [1.54, 1.807) is 17.2 Å². The average Bonchev–Trinajstić information content (AvgIpc) is 2.96. The van der Waals surface area contributed by atoms with Crippen molar-refractivity contribution in [2.75, 3.05) is 75.5 Å². The van der Waals surface area contributed by atoms with Gasteiger partial charge in [0.15, 0.2) is 0 Å². The van der Waals surface area contributed by atoms with Crippen LogP contribution in [0.3, 0.4) is 0 Å². The average molecular weight is 440 g/mol. The van der Waals surface area contributed by atoms with Crippen LogP contribution in [-0.4, -0.2) is 94.0 Å². The molecule has 0 aliphatic carbocycles. The van der Waals surface area contributed by atoms with Gasteiger partial charge >= 0.3 is 6.09 Å². The van der Waals surface area contributed by atoms with Gasteiger partial charge < -0.3 is 24.8 Å². The number of anilines is 2. The summed E-state index contributed by atoms with van der Waals surface area (Å²) in [5.41, 5.74) is 0.846. The van der Waals surface area contributed by atoms with Gasteiger partial charge in [0.2, 0.25) is 5.91 Å². The van der Waals surface area contributed by atoms with Crippen LogP contribution in [-0.2, 0) is 19.1 Å². The molecule has 0 bridgehead atoms. The Hall–Kier alpha value is -2.47. The van der Waals surface area contributed by atoms with Crippen molar-refractivity contribution in [3.8, 4) is 0 Å². The van der Waals surface area contributed by atoms with E-state index in [4.69, 9.17) is 19.4 Å². The van der Waals surface area contributed by atoms with Gasteiger partial charge in [-0.2, -0.15) is 5.06 Å².